The molecule has 2 radical (unpaired) electrons. The van der Waals surface area contributed by atoms with Gasteiger partial charge in [0.05, 0.1) is 0 Å². The van der Waals surface area contributed by atoms with Gasteiger partial charge in [0, 0.05) is 40.2 Å². The Morgan fingerprint density at radius 3 is 0.616 bits per heavy atom. The van der Waals surface area contributed by atoms with Crippen LogP contribution in [0, 0.1) is 0 Å². The van der Waals surface area contributed by atoms with E-state index < -0.39 is 31.7 Å². The Labute approximate surface area is 551 Å². The number of halogens is 2. The predicted molar refractivity (Wildman–Crippen MR) is 368 cm³/mol. The van der Waals surface area contributed by atoms with E-state index in [9.17, 15) is 0 Å². The van der Waals surface area contributed by atoms with Gasteiger partial charge in [-0.15, -0.1) is 0 Å². The molecule has 0 nitrogen and oxygen atoms in total. The number of benzene rings is 14. The van der Waals surface area contributed by atoms with E-state index in [1.807, 2.05) is 0 Å². The molecule has 0 aliphatic heterocycles. The molecule has 8 heteroatoms. The van der Waals surface area contributed by atoms with Crippen molar-refractivity contribution < 1.29 is 65.0 Å². The van der Waals surface area contributed by atoms with Gasteiger partial charge in [0.1, 0.15) is 0 Å². The van der Waals surface area contributed by atoms with E-state index in [0.29, 0.717) is 0 Å². The molecule has 0 aliphatic carbocycles. The third kappa shape index (κ3) is 13.3. The van der Waals surface area contributed by atoms with Crippen LogP contribution in [-0.4, -0.2) is 13.3 Å². The quantitative estimate of drug-likeness (QED) is 0.107. The fourth-order valence-electron chi connectivity index (χ4n) is 11.8. The standard InChI is InChI=1S/2C39H30P2.2ClH.2Ir/c2*1-40(31-17-5-2-6-18-31)36-27-25-29-15-11-13-23-34(29)38(36)39-35-24-14-12-16-30(35)26-28-37(39)41(32-19-7-3-8-20-32)33-21-9-4-10-22-33;;;;/h2*2-28H,1H3;2*1H;;/p-2. The first-order chi connectivity index (χ1) is 40.6. The van der Waals surface area contributed by atoms with Crippen molar-refractivity contribution in [3.05, 3.63) is 328 Å². The van der Waals surface area contributed by atoms with E-state index in [4.69, 9.17) is 0 Å². The Bertz CT molecular complexity index is 4130. The second kappa shape index (κ2) is 30.1. The molecule has 0 N–H and O–H groups in total. The van der Waals surface area contributed by atoms with Crippen molar-refractivity contribution in [1.82, 2.24) is 0 Å². The Morgan fingerprint density at radius 2 is 0.372 bits per heavy atom. The van der Waals surface area contributed by atoms with Crippen molar-refractivity contribution in [2.24, 2.45) is 0 Å². The van der Waals surface area contributed by atoms with Crippen molar-refractivity contribution in [3.8, 4) is 22.3 Å². The molecule has 0 saturated carbocycles. The summed E-state index contributed by atoms with van der Waals surface area (Å²) in [5.74, 6) is 0. The second-order valence-corrected chi connectivity index (χ2v) is 29.1. The summed E-state index contributed by atoms with van der Waals surface area (Å²) < 4.78 is 0. The van der Waals surface area contributed by atoms with Crippen LogP contribution in [0.5, 0.6) is 0 Å². The normalized spacial score (nSPS) is 11.6. The van der Waals surface area contributed by atoms with Crippen molar-refractivity contribution in [1.29, 1.82) is 0 Å². The van der Waals surface area contributed by atoms with E-state index in [1.54, 1.807) is 0 Å². The fraction of sp³-hybridized carbons (Fsp3) is 0.0256. The zero-order valence-electron chi connectivity index (χ0n) is 47.4. The summed E-state index contributed by atoms with van der Waals surface area (Å²) in [4.78, 5) is 0. The van der Waals surface area contributed by atoms with Crippen molar-refractivity contribution >= 4 is 128 Å². The maximum atomic E-state index is 2.42. The van der Waals surface area contributed by atoms with E-state index in [2.05, 4.69) is 341 Å². The van der Waals surface area contributed by atoms with Crippen molar-refractivity contribution in [2.75, 3.05) is 13.3 Å². The number of hydrogen-bond donors (Lipinski definition) is 0. The SMILES string of the molecule is CP(c1ccccc1)c1ccc2ccccc2c1-c1c(P(c2ccccc2)c2ccccc2)ccc2ccccc12.CP(c1ccccc1)c1ccc2ccccc2c1-c1c(P(c2ccccc2)c2ccccc2)ccc2ccccc12.[Cl-].[Cl-].[Ir].[Ir]. The minimum atomic E-state index is -0.798. The molecule has 2 unspecified atom stereocenters. The number of hydrogen-bond acceptors (Lipinski definition) is 0. The molecule has 86 heavy (non-hydrogen) atoms. The average Bonchev–Trinajstić information content (AvgIpc) is 1.04. The molecule has 14 aromatic carbocycles. The second-order valence-electron chi connectivity index (χ2n) is 20.5. The van der Waals surface area contributed by atoms with E-state index in [1.165, 1.54) is 118 Å². The Morgan fingerprint density at radius 1 is 0.186 bits per heavy atom. The van der Waals surface area contributed by atoms with E-state index in [-0.39, 0.29) is 65.0 Å². The van der Waals surface area contributed by atoms with Crippen LogP contribution in [0.25, 0.3) is 65.3 Å². The molecule has 0 aromatic heterocycles. The summed E-state index contributed by atoms with van der Waals surface area (Å²) in [5, 5.41) is 24.4. The molecule has 2 atom stereocenters. The monoisotopic (exact) mass is 1580 g/mol. The minimum Gasteiger partial charge on any atom is -1.00 e. The summed E-state index contributed by atoms with van der Waals surface area (Å²) in [5.41, 5.74) is 5.51. The van der Waals surface area contributed by atoms with Gasteiger partial charge in [-0.1, -0.05) is 328 Å². The van der Waals surface area contributed by atoms with Gasteiger partial charge in [-0.2, -0.15) is 0 Å². The van der Waals surface area contributed by atoms with Crippen LogP contribution in [-0.2, 0) is 40.2 Å². The van der Waals surface area contributed by atoms with Crippen LogP contribution < -0.4 is 77.9 Å². The summed E-state index contributed by atoms with van der Waals surface area (Å²) >= 11 is 0. The van der Waals surface area contributed by atoms with Crippen molar-refractivity contribution in [3.63, 3.8) is 0 Å². The molecule has 0 spiro atoms. The topological polar surface area (TPSA) is 0 Å². The molecule has 0 bridgehead atoms. The van der Waals surface area contributed by atoms with E-state index >= 15 is 0 Å². The van der Waals surface area contributed by atoms with Gasteiger partial charge in [0.25, 0.3) is 0 Å². The molecule has 14 aromatic rings. The largest absolute Gasteiger partial charge is 1.00 e. The molecule has 0 heterocycles. The van der Waals surface area contributed by atoms with Crippen LogP contribution in [0.15, 0.2) is 328 Å². The van der Waals surface area contributed by atoms with E-state index in [0.717, 1.165) is 0 Å². The van der Waals surface area contributed by atoms with Gasteiger partial charge in [-0.25, -0.2) is 0 Å². The Balaban J connectivity index is 0.000000196. The van der Waals surface area contributed by atoms with Crippen LogP contribution >= 0.6 is 31.7 Å². The third-order valence-electron chi connectivity index (χ3n) is 15.7. The first kappa shape index (κ1) is 64.2. The van der Waals surface area contributed by atoms with Gasteiger partial charge in [-0.3, -0.25) is 0 Å². The molecule has 0 saturated heterocycles. The Kier molecular flexibility index (Phi) is 22.5. The van der Waals surface area contributed by atoms with Gasteiger partial charge in [-0.05, 0) is 163 Å². The first-order valence-corrected chi connectivity index (χ1v) is 34.3. The number of rotatable bonds is 12. The van der Waals surface area contributed by atoms with Crippen LogP contribution in [0.2, 0.25) is 0 Å². The van der Waals surface area contributed by atoms with Gasteiger partial charge < -0.3 is 24.8 Å². The van der Waals surface area contributed by atoms with Crippen LogP contribution in [0.1, 0.15) is 0 Å². The fourth-order valence-corrected chi connectivity index (χ4v) is 20.2. The first-order valence-electron chi connectivity index (χ1n) is 28.0. The molecular formula is C78H60Cl2Ir2P4-2. The maximum absolute atomic E-state index is 2.42. The molecule has 14 rings (SSSR count). The third-order valence-corrected chi connectivity index (χ3v) is 25.0. The van der Waals surface area contributed by atoms with Gasteiger partial charge >= 0.3 is 0 Å². The summed E-state index contributed by atoms with van der Waals surface area (Å²) in [6, 6.07) is 121. The summed E-state index contributed by atoms with van der Waals surface area (Å²) in [7, 11) is -2.75. The smallest absolute Gasteiger partial charge is 0 e. The zero-order chi connectivity index (χ0) is 55.2. The van der Waals surface area contributed by atoms with Crippen LogP contribution in [0.3, 0.4) is 0 Å². The molecule has 0 aliphatic rings. The molecule has 426 valence electrons. The molecule has 0 fully saturated rings. The van der Waals surface area contributed by atoms with Crippen LogP contribution in [0.4, 0.5) is 0 Å². The van der Waals surface area contributed by atoms with Gasteiger partial charge in [0.2, 0.25) is 0 Å². The molecule has 0 amide bonds. The van der Waals surface area contributed by atoms with Gasteiger partial charge in [0.15, 0.2) is 0 Å². The molecular weight excluding hydrogens is 1520 g/mol. The summed E-state index contributed by atoms with van der Waals surface area (Å²) in [6.07, 6.45) is 0. The number of fused-ring (bicyclic) bond motifs is 4. The maximum Gasteiger partial charge on any atom is 0 e. The minimum absolute atomic E-state index is 0. The Hall–Kier alpha value is -6.28. The predicted octanol–water partition coefficient (Wildman–Crippen LogP) is 11.0. The average molecular weight is 1580 g/mol. The van der Waals surface area contributed by atoms with Crippen molar-refractivity contribution in [2.45, 2.75) is 0 Å². The zero-order valence-corrected chi connectivity index (χ0v) is 57.3. The summed E-state index contributed by atoms with van der Waals surface area (Å²) in [6.45, 7) is 4.83.